The Morgan fingerprint density at radius 1 is 0.977 bits per heavy atom. The molecule has 4 aromatic rings. The molecule has 1 unspecified atom stereocenters. The van der Waals surface area contributed by atoms with Crippen LogP contribution in [0.2, 0.25) is 0 Å². The van der Waals surface area contributed by atoms with E-state index in [1.807, 2.05) is 79.7 Å². The summed E-state index contributed by atoms with van der Waals surface area (Å²) in [7, 11) is 1.38. The maximum Gasteiger partial charge on any atom is 0.341 e. The summed E-state index contributed by atoms with van der Waals surface area (Å²) >= 11 is 8.43. The van der Waals surface area contributed by atoms with Gasteiger partial charge in [0.25, 0.3) is 0 Å². The molecule has 0 saturated heterocycles. The Hall–Kier alpha value is -3.70. The van der Waals surface area contributed by atoms with Crippen LogP contribution in [0.5, 0.6) is 0 Å². The number of hydrogen-bond donors (Lipinski definition) is 3. The van der Waals surface area contributed by atoms with Crippen LogP contribution in [0.3, 0.4) is 0 Å². The van der Waals surface area contributed by atoms with Gasteiger partial charge in [-0.3, -0.25) is 9.69 Å². The van der Waals surface area contributed by atoms with Crippen LogP contribution in [-0.4, -0.2) is 40.8 Å². The van der Waals surface area contributed by atoms with Crippen LogP contribution in [0.25, 0.3) is 0 Å². The first-order chi connectivity index (χ1) is 20.9. The molecule has 0 bridgehead atoms. The Morgan fingerprint density at radius 3 is 2.40 bits per heavy atom. The number of nitrogens with one attached hydrogen (secondary N) is 3. The predicted molar refractivity (Wildman–Crippen MR) is 181 cm³/mol. The maximum atomic E-state index is 13.6. The van der Waals surface area contributed by atoms with E-state index in [0.717, 1.165) is 52.8 Å². The Balaban J connectivity index is 1.26. The van der Waals surface area contributed by atoms with Crippen molar-refractivity contribution in [1.82, 2.24) is 4.90 Å². The minimum atomic E-state index is -0.413. The molecule has 0 saturated carbocycles. The normalized spacial score (nSPS) is 13.4. The van der Waals surface area contributed by atoms with E-state index in [1.165, 1.54) is 35.8 Å². The highest BCUT2D eigenvalue weighted by Crippen LogP contribution is 2.39. The highest BCUT2D eigenvalue weighted by atomic mass is 32.2. The van der Waals surface area contributed by atoms with Gasteiger partial charge in [-0.25, -0.2) is 4.79 Å². The van der Waals surface area contributed by atoms with Gasteiger partial charge in [0, 0.05) is 40.8 Å². The summed E-state index contributed by atoms with van der Waals surface area (Å²) < 4.78 is 5.15. The molecule has 43 heavy (non-hydrogen) atoms. The Kier molecular flexibility index (Phi) is 10.5. The summed E-state index contributed by atoms with van der Waals surface area (Å²) in [5, 5.41) is 10.2. The van der Waals surface area contributed by atoms with Crippen molar-refractivity contribution >= 4 is 68.7 Å². The first-order valence-corrected chi connectivity index (χ1v) is 16.2. The number of amides is 1. The number of nitrogens with zero attached hydrogens (tertiary/aromatic N) is 1. The molecule has 3 aromatic carbocycles. The second-order valence-electron chi connectivity index (χ2n) is 10.1. The fraction of sp³-hybridized carbons (Fsp3) is 0.242. The number of thioether (sulfide) groups is 1. The summed E-state index contributed by atoms with van der Waals surface area (Å²) in [6, 6.07) is 27.9. The van der Waals surface area contributed by atoms with E-state index in [4.69, 9.17) is 17.0 Å². The van der Waals surface area contributed by atoms with Crippen LogP contribution < -0.4 is 16.0 Å². The van der Waals surface area contributed by atoms with Crippen molar-refractivity contribution in [3.8, 4) is 0 Å². The molecule has 1 amide bonds. The average Bonchev–Trinajstić information content (AvgIpc) is 3.37. The molecule has 0 fully saturated rings. The van der Waals surface area contributed by atoms with Gasteiger partial charge in [0.05, 0.1) is 17.9 Å². The largest absolute Gasteiger partial charge is 0.465 e. The van der Waals surface area contributed by atoms with Crippen molar-refractivity contribution in [3.05, 3.63) is 106 Å². The van der Waals surface area contributed by atoms with Gasteiger partial charge in [0.2, 0.25) is 5.91 Å². The van der Waals surface area contributed by atoms with Crippen molar-refractivity contribution < 1.29 is 14.3 Å². The SMILES string of the molecule is CCC(Sc1cccc(NC(=S)Nc2ccccc2)c1)C(=O)Nc1sc2c(c1C(=O)OC)CCN(Cc1ccccc1)C2. The summed E-state index contributed by atoms with van der Waals surface area (Å²) in [6.45, 7) is 4.38. The zero-order valence-electron chi connectivity index (χ0n) is 24.1. The van der Waals surface area contributed by atoms with Crippen LogP contribution in [-0.2, 0) is 29.0 Å². The van der Waals surface area contributed by atoms with Gasteiger partial charge in [0.15, 0.2) is 5.11 Å². The molecule has 222 valence electrons. The van der Waals surface area contributed by atoms with Crippen LogP contribution in [0, 0.1) is 0 Å². The standard InChI is InChI=1S/C33H34N4O3S3/c1-3-27(42-25-16-10-15-24(19-25)35-33(41)34-23-13-8-5-9-14-23)30(38)36-31-29(32(39)40-2)26-17-18-37(21-28(26)43-31)20-22-11-6-4-7-12-22/h4-16,19,27H,3,17-18,20-21H2,1-2H3,(H,36,38)(H2,34,35,41). The quantitative estimate of drug-likeness (QED) is 0.0950. The molecule has 2 heterocycles. The van der Waals surface area contributed by atoms with E-state index in [0.29, 0.717) is 22.1 Å². The summed E-state index contributed by atoms with van der Waals surface area (Å²) in [4.78, 5) is 30.8. The van der Waals surface area contributed by atoms with Crippen molar-refractivity contribution in [3.63, 3.8) is 0 Å². The highest BCUT2D eigenvalue weighted by Gasteiger charge is 2.30. The minimum Gasteiger partial charge on any atom is -0.465 e. The number of fused-ring (bicyclic) bond motifs is 1. The third-order valence-electron chi connectivity index (χ3n) is 7.08. The summed E-state index contributed by atoms with van der Waals surface area (Å²) in [5.74, 6) is -0.555. The zero-order chi connectivity index (χ0) is 30.2. The number of rotatable bonds is 10. The molecule has 0 radical (unpaired) electrons. The fourth-order valence-electron chi connectivity index (χ4n) is 4.98. The summed E-state index contributed by atoms with van der Waals surface area (Å²) in [5.41, 5.74) is 4.45. The third-order valence-corrected chi connectivity index (χ3v) is 9.77. The number of esters is 1. The topological polar surface area (TPSA) is 82.7 Å². The second kappa shape index (κ2) is 14.7. The smallest absolute Gasteiger partial charge is 0.341 e. The van der Waals surface area contributed by atoms with Crippen LogP contribution in [0.15, 0.2) is 89.8 Å². The van der Waals surface area contributed by atoms with Crippen molar-refractivity contribution in [2.45, 2.75) is 43.0 Å². The number of methoxy groups -OCH3 is 1. The molecular formula is C33H34N4O3S3. The molecule has 0 aliphatic carbocycles. The summed E-state index contributed by atoms with van der Waals surface area (Å²) in [6.07, 6.45) is 1.34. The van der Waals surface area contributed by atoms with Crippen LogP contribution in [0.4, 0.5) is 16.4 Å². The number of hydrogen-bond acceptors (Lipinski definition) is 7. The molecule has 5 rings (SSSR count). The van der Waals surface area contributed by atoms with Crippen LogP contribution >= 0.6 is 35.3 Å². The van der Waals surface area contributed by atoms with Crippen LogP contribution in [0.1, 0.15) is 39.7 Å². The molecule has 1 aromatic heterocycles. The molecule has 1 aliphatic rings. The monoisotopic (exact) mass is 630 g/mol. The molecular weight excluding hydrogens is 597 g/mol. The number of carbonyl (C=O) groups is 2. The van der Waals surface area contributed by atoms with Crippen molar-refractivity contribution in [1.29, 1.82) is 0 Å². The van der Waals surface area contributed by atoms with Gasteiger partial charge >= 0.3 is 5.97 Å². The van der Waals surface area contributed by atoms with E-state index < -0.39 is 5.97 Å². The van der Waals surface area contributed by atoms with E-state index in [2.05, 4.69) is 33.0 Å². The number of anilines is 3. The van der Waals surface area contributed by atoms with Gasteiger partial charge in [-0.05, 0) is 66.5 Å². The predicted octanol–water partition coefficient (Wildman–Crippen LogP) is 7.41. The first-order valence-electron chi connectivity index (χ1n) is 14.1. The number of para-hydroxylation sites is 1. The maximum absolute atomic E-state index is 13.6. The van der Waals surface area contributed by atoms with E-state index in [1.54, 1.807) is 0 Å². The van der Waals surface area contributed by atoms with Crippen molar-refractivity contribution in [2.24, 2.45) is 0 Å². The molecule has 7 nitrogen and oxygen atoms in total. The Labute approximate surface area is 266 Å². The first kappa shape index (κ1) is 30.7. The molecule has 1 aliphatic heterocycles. The Morgan fingerprint density at radius 2 is 1.67 bits per heavy atom. The van der Waals surface area contributed by atoms with Gasteiger partial charge in [-0.2, -0.15) is 0 Å². The van der Waals surface area contributed by atoms with Gasteiger partial charge in [-0.15, -0.1) is 23.1 Å². The number of carbonyl (C=O) groups excluding carboxylic acids is 2. The zero-order valence-corrected chi connectivity index (χ0v) is 26.5. The lowest BCUT2D eigenvalue weighted by Crippen LogP contribution is -2.30. The third kappa shape index (κ3) is 8.03. The number of thiophene rings is 1. The lowest BCUT2D eigenvalue weighted by Gasteiger charge is -2.27. The van der Waals surface area contributed by atoms with Gasteiger partial charge in [-0.1, -0.05) is 61.5 Å². The fourth-order valence-corrected chi connectivity index (χ4v) is 7.51. The van der Waals surface area contributed by atoms with E-state index in [9.17, 15) is 9.59 Å². The number of thiocarbonyl (C=S) groups is 1. The second-order valence-corrected chi connectivity index (χ2v) is 12.9. The number of ether oxygens (including phenoxy) is 1. The molecule has 3 N–H and O–H groups in total. The Bertz CT molecular complexity index is 1580. The molecule has 0 spiro atoms. The minimum absolute atomic E-state index is 0.142. The lowest BCUT2D eigenvalue weighted by molar-refractivity contribution is -0.115. The van der Waals surface area contributed by atoms with E-state index in [-0.39, 0.29) is 11.2 Å². The van der Waals surface area contributed by atoms with E-state index >= 15 is 0 Å². The number of benzene rings is 3. The molecule has 10 heteroatoms. The molecule has 1 atom stereocenters. The van der Waals surface area contributed by atoms with Gasteiger partial charge in [0.1, 0.15) is 5.00 Å². The van der Waals surface area contributed by atoms with Gasteiger partial charge < -0.3 is 20.7 Å². The average molecular weight is 631 g/mol. The van der Waals surface area contributed by atoms with Crippen molar-refractivity contribution in [2.75, 3.05) is 29.6 Å². The highest BCUT2D eigenvalue weighted by molar-refractivity contribution is 8.00. The lowest BCUT2D eigenvalue weighted by atomic mass is 10.0.